The number of rotatable bonds is 13. The summed E-state index contributed by atoms with van der Waals surface area (Å²) in [7, 11) is 1.63. The number of hydrogen-bond donors (Lipinski definition) is 4. The number of aliphatic hydroxyl groups is 1. The van der Waals surface area contributed by atoms with Gasteiger partial charge in [0.05, 0.1) is 25.3 Å². The van der Waals surface area contributed by atoms with E-state index < -0.39 is 12.1 Å². The molecule has 2 amide bonds. The van der Waals surface area contributed by atoms with Gasteiger partial charge in [0.15, 0.2) is 0 Å². The van der Waals surface area contributed by atoms with E-state index in [9.17, 15) is 14.7 Å². The zero-order chi connectivity index (χ0) is 30.1. The van der Waals surface area contributed by atoms with Crippen molar-refractivity contribution in [3.63, 3.8) is 0 Å². The van der Waals surface area contributed by atoms with E-state index in [-0.39, 0.29) is 30.4 Å². The lowest BCUT2D eigenvalue weighted by Crippen LogP contribution is -2.49. The van der Waals surface area contributed by atoms with E-state index >= 15 is 0 Å². The summed E-state index contributed by atoms with van der Waals surface area (Å²) in [5, 5.41) is 20.7. The molecule has 1 heterocycles. The first-order chi connectivity index (χ1) is 20.2. The van der Waals surface area contributed by atoms with E-state index in [1.807, 2.05) is 87.5 Å². The molecule has 4 atom stereocenters. The second-order valence-electron chi connectivity index (χ2n) is 10.5. The van der Waals surface area contributed by atoms with Gasteiger partial charge in [-0.15, -0.1) is 11.3 Å². The van der Waals surface area contributed by atoms with E-state index in [4.69, 9.17) is 4.74 Å². The molecule has 220 valence electrons. The molecule has 3 aromatic carbocycles. The van der Waals surface area contributed by atoms with E-state index in [0.29, 0.717) is 17.5 Å². The maximum atomic E-state index is 13.4. The average Bonchev–Trinajstić information content (AvgIpc) is 3.46. The Morgan fingerprint density at radius 3 is 2.19 bits per heavy atom. The summed E-state index contributed by atoms with van der Waals surface area (Å²) in [6.07, 6.45) is -0.426. The highest BCUT2D eigenvalue weighted by atomic mass is 32.1. The third-order valence-electron chi connectivity index (χ3n) is 7.23. The number of amides is 2. The lowest BCUT2D eigenvalue weighted by molar-refractivity contribution is 0.0825. The van der Waals surface area contributed by atoms with Gasteiger partial charge < -0.3 is 25.8 Å². The number of aliphatic hydroxyl groups excluding tert-OH is 1. The predicted molar refractivity (Wildman–Crippen MR) is 168 cm³/mol. The summed E-state index contributed by atoms with van der Waals surface area (Å²) in [5.74, 6) is 0.162. The quantitative estimate of drug-likeness (QED) is 0.164. The van der Waals surface area contributed by atoms with Gasteiger partial charge in [0, 0.05) is 33.5 Å². The van der Waals surface area contributed by atoms with Crippen molar-refractivity contribution in [1.29, 1.82) is 0 Å². The first kappa shape index (κ1) is 31.0. The van der Waals surface area contributed by atoms with Crippen molar-refractivity contribution >= 4 is 23.2 Å². The monoisotopic (exact) mass is 585 g/mol. The van der Waals surface area contributed by atoms with Crippen LogP contribution < -0.4 is 20.7 Å². The second-order valence-corrected chi connectivity index (χ2v) is 11.8. The molecule has 8 heteroatoms. The molecule has 0 fully saturated rings. The molecule has 0 aliphatic rings. The Morgan fingerprint density at radius 2 is 1.52 bits per heavy atom. The van der Waals surface area contributed by atoms with Crippen LogP contribution in [0.2, 0.25) is 0 Å². The van der Waals surface area contributed by atoms with Crippen molar-refractivity contribution in [2.75, 3.05) is 13.7 Å². The number of carbonyl (C=O) groups is 2. The second kappa shape index (κ2) is 14.8. The first-order valence-corrected chi connectivity index (χ1v) is 14.9. The van der Waals surface area contributed by atoms with Crippen LogP contribution >= 0.6 is 11.3 Å². The average molecular weight is 586 g/mol. The maximum absolute atomic E-state index is 13.4. The Kier molecular flexibility index (Phi) is 10.9. The van der Waals surface area contributed by atoms with Crippen molar-refractivity contribution in [1.82, 2.24) is 16.0 Å². The van der Waals surface area contributed by atoms with Gasteiger partial charge in [0.25, 0.3) is 11.8 Å². The van der Waals surface area contributed by atoms with E-state index in [1.165, 1.54) is 4.88 Å². The minimum atomic E-state index is -0.871. The minimum absolute atomic E-state index is 0.0431. The summed E-state index contributed by atoms with van der Waals surface area (Å²) < 4.78 is 5.33. The normalized spacial score (nSPS) is 13.9. The Balaban J connectivity index is 1.44. The highest BCUT2D eigenvalue weighted by Gasteiger charge is 2.24. The summed E-state index contributed by atoms with van der Waals surface area (Å²) in [4.78, 5) is 28.7. The van der Waals surface area contributed by atoms with Crippen LogP contribution in [0.4, 0.5) is 0 Å². The molecule has 42 heavy (non-hydrogen) atoms. The molecule has 0 radical (unpaired) electrons. The molecule has 1 aromatic heterocycles. The Morgan fingerprint density at radius 1 is 0.833 bits per heavy atom. The highest BCUT2D eigenvalue weighted by molar-refractivity contribution is 7.12. The number of hydrogen-bond acceptors (Lipinski definition) is 6. The minimum Gasteiger partial charge on any atom is -0.497 e. The Hall–Kier alpha value is -3.98. The number of aryl methyl sites for hydroxylation is 1. The van der Waals surface area contributed by atoms with Crippen molar-refractivity contribution in [3.8, 4) is 5.75 Å². The van der Waals surface area contributed by atoms with E-state index in [2.05, 4.69) is 16.0 Å². The maximum Gasteiger partial charge on any atom is 0.251 e. The number of ether oxygens (including phenoxy) is 1. The molecular weight excluding hydrogens is 546 g/mol. The van der Waals surface area contributed by atoms with Crippen LogP contribution in [0.1, 0.15) is 67.5 Å². The van der Waals surface area contributed by atoms with Gasteiger partial charge in [-0.05, 0) is 80.8 Å². The van der Waals surface area contributed by atoms with Crippen molar-refractivity contribution < 1.29 is 19.4 Å². The molecule has 4 rings (SSSR count). The van der Waals surface area contributed by atoms with Crippen LogP contribution in [0.15, 0.2) is 91.0 Å². The fourth-order valence-corrected chi connectivity index (χ4v) is 5.59. The predicted octanol–water partition coefficient (Wildman–Crippen LogP) is 5.61. The van der Waals surface area contributed by atoms with Gasteiger partial charge in [0.1, 0.15) is 5.75 Å². The van der Waals surface area contributed by atoms with Gasteiger partial charge in [0.2, 0.25) is 0 Å². The number of methoxy groups -OCH3 is 1. The fraction of sp³-hybridized carbons (Fsp3) is 0.294. The molecule has 7 nitrogen and oxygen atoms in total. The molecule has 4 N–H and O–H groups in total. The van der Waals surface area contributed by atoms with Crippen LogP contribution in [0, 0.1) is 6.92 Å². The number of nitrogens with one attached hydrogen (secondary N) is 3. The van der Waals surface area contributed by atoms with Crippen LogP contribution in [-0.2, 0) is 6.42 Å². The number of benzene rings is 3. The molecular formula is C34H39N3O4S. The molecule has 0 aliphatic heterocycles. The fourth-order valence-electron chi connectivity index (χ4n) is 4.71. The number of carbonyl (C=O) groups excluding carboxylic acids is 2. The lowest BCUT2D eigenvalue weighted by Gasteiger charge is -2.26. The summed E-state index contributed by atoms with van der Waals surface area (Å²) in [6.45, 7) is 6.25. The van der Waals surface area contributed by atoms with Gasteiger partial charge in [-0.3, -0.25) is 9.59 Å². The third kappa shape index (κ3) is 8.52. The Labute approximate surface area is 252 Å². The molecule has 1 unspecified atom stereocenters. The molecule has 0 saturated heterocycles. The lowest BCUT2D eigenvalue weighted by atomic mass is 9.99. The smallest absolute Gasteiger partial charge is 0.251 e. The van der Waals surface area contributed by atoms with E-state index in [0.717, 1.165) is 21.8 Å². The third-order valence-corrected chi connectivity index (χ3v) is 8.41. The van der Waals surface area contributed by atoms with Crippen LogP contribution in [-0.4, -0.2) is 42.7 Å². The Bertz CT molecular complexity index is 1470. The first-order valence-electron chi connectivity index (χ1n) is 14.1. The SMILES string of the molecule is COc1cccc([C@@H](C)NC[C@@H](O)[C@H](Cc2ccccc2)NC(=O)c2cccc(C(=O)NC(C)c3ccc(C)s3)c2)c1. The van der Waals surface area contributed by atoms with Gasteiger partial charge in [-0.2, -0.15) is 0 Å². The largest absolute Gasteiger partial charge is 0.497 e. The van der Waals surface area contributed by atoms with Crippen molar-refractivity contribution in [3.05, 3.63) is 123 Å². The molecule has 0 bridgehead atoms. The van der Waals surface area contributed by atoms with Crippen molar-refractivity contribution in [2.45, 2.75) is 51.4 Å². The summed E-state index contributed by atoms with van der Waals surface area (Å²) in [5.41, 5.74) is 2.78. The van der Waals surface area contributed by atoms with Crippen LogP contribution in [0.5, 0.6) is 5.75 Å². The zero-order valence-corrected chi connectivity index (χ0v) is 25.3. The topological polar surface area (TPSA) is 99.7 Å². The van der Waals surface area contributed by atoms with Gasteiger partial charge in [-0.25, -0.2) is 0 Å². The zero-order valence-electron chi connectivity index (χ0n) is 24.5. The highest BCUT2D eigenvalue weighted by Crippen LogP contribution is 2.23. The molecule has 4 aromatic rings. The van der Waals surface area contributed by atoms with E-state index in [1.54, 1.807) is 42.7 Å². The molecule has 0 aliphatic carbocycles. The standard InChI is InChI=1S/C34H39N3O4S/c1-22-16-17-32(42-22)24(3)36-33(39)27-13-8-14-28(19-27)34(40)37-30(18-25-10-6-5-7-11-25)31(38)21-35-23(2)26-12-9-15-29(20-26)41-4/h5-17,19-20,23-24,30-31,35,38H,18,21H2,1-4H3,(H,36,39)(H,37,40)/t23-,24?,30+,31-/m1/s1. The van der Waals surface area contributed by atoms with Gasteiger partial charge >= 0.3 is 0 Å². The molecule has 0 spiro atoms. The summed E-state index contributed by atoms with van der Waals surface area (Å²) >= 11 is 1.64. The summed E-state index contributed by atoms with van der Waals surface area (Å²) in [6, 6.07) is 27.5. The van der Waals surface area contributed by atoms with Crippen LogP contribution in [0.25, 0.3) is 0 Å². The van der Waals surface area contributed by atoms with Gasteiger partial charge in [-0.1, -0.05) is 48.5 Å². The van der Waals surface area contributed by atoms with Crippen LogP contribution in [0.3, 0.4) is 0 Å². The molecule has 0 saturated carbocycles. The van der Waals surface area contributed by atoms with Crippen molar-refractivity contribution in [2.24, 2.45) is 0 Å². The number of thiophene rings is 1.